The van der Waals surface area contributed by atoms with Gasteiger partial charge in [0.1, 0.15) is 17.9 Å². The number of benzene rings is 2. The van der Waals surface area contributed by atoms with Gasteiger partial charge in [-0.15, -0.1) is 0 Å². The summed E-state index contributed by atoms with van der Waals surface area (Å²) in [4.78, 5) is 37.1. The number of nitrogens with one attached hydrogen (secondary N) is 1. The fourth-order valence-electron chi connectivity index (χ4n) is 4.81. The van der Waals surface area contributed by atoms with Crippen molar-refractivity contribution in [2.45, 2.75) is 59.0 Å². The van der Waals surface area contributed by atoms with Crippen LogP contribution in [-0.2, 0) is 22.6 Å². The van der Waals surface area contributed by atoms with Gasteiger partial charge in [-0.1, -0.05) is 43.7 Å². The summed E-state index contributed by atoms with van der Waals surface area (Å²) in [7, 11) is 0. The standard InChI is InChI=1S/C29H33NO6/c1-3-7-23-16-26(31)35-24-14-19(2)15-25(27(23)24)36-28(32)22-12-10-20(11-13-22)17-30-29(33)34-18-21-8-5-4-6-9-21/h4-6,8-9,14-16,20,22H,3,7,10-13,17-18H2,1-2H3,(H,30,33). The number of carbonyl (C=O) groups excluding carboxylic acids is 2. The lowest BCUT2D eigenvalue weighted by atomic mass is 9.82. The summed E-state index contributed by atoms with van der Waals surface area (Å²) < 4.78 is 16.6. The van der Waals surface area contributed by atoms with Crippen LogP contribution in [0.3, 0.4) is 0 Å². The first-order valence-corrected chi connectivity index (χ1v) is 12.7. The Balaban J connectivity index is 1.30. The molecule has 1 saturated carbocycles. The van der Waals surface area contributed by atoms with E-state index in [1.54, 1.807) is 6.07 Å². The van der Waals surface area contributed by atoms with E-state index in [1.807, 2.05) is 50.2 Å². The van der Waals surface area contributed by atoms with Gasteiger partial charge in [0, 0.05) is 12.6 Å². The number of hydrogen-bond donors (Lipinski definition) is 1. The molecule has 1 fully saturated rings. The molecule has 1 N–H and O–H groups in total. The van der Waals surface area contributed by atoms with E-state index in [1.165, 1.54) is 6.07 Å². The van der Waals surface area contributed by atoms with Gasteiger partial charge in [-0.2, -0.15) is 0 Å². The summed E-state index contributed by atoms with van der Waals surface area (Å²) in [5.41, 5.74) is 2.68. The molecule has 0 saturated heterocycles. The predicted octanol–water partition coefficient (Wildman–Crippen LogP) is 5.69. The minimum absolute atomic E-state index is 0.202. The van der Waals surface area contributed by atoms with Crippen molar-refractivity contribution < 1.29 is 23.5 Å². The lowest BCUT2D eigenvalue weighted by Crippen LogP contribution is -2.33. The topological polar surface area (TPSA) is 94.8 Å². The Morgan fingerprint density at radius 3 is 2.53 bits per heavy atom. The van der Waals surface area contributed by atoms with Crippen LogP contribution in [0.5, 0.6) is 5.75 Å². The highest BCUT2D eigenvalue weighted by Crippen LogP contribution is 2.34. The third-order valence-corrected chi connectivity index (χ3v) is 6.69. The van der Waals surface area contributed by atoms with Crippen LogP contribution in [0.1, 0.15) is 55.7 Å². The highest BCUT2D eigenvalue weighted by Gasteiger charge is 2.29. The van der Waals surface area contributed by atoms with Gasteiger partial charge < -0.3 is 19.2 Å². The third kappa shape index (κ3) is 6.53. The summed E-state index contributed by atoms with van der Waals surface area (Å²) >= 11 is 0. The second-order valence-corrected chi connectivity index (χ2v) is 9.56. The summed E-state index contributed by atoms with van der Waals surface area (Å²) in [6, 6.07) is 14.7. The van der Waals surface area contributed by atoms with Crippen molar-refractivity contribution in [2.75, 3.05) is 6.54 Å². The number of esters is 1. The Morgan fingerprint density at radius 1 is 1.06 bits per heavy atom. The second-order valence-electron chi connectivity index (χ2n) is 9.56. The first kappa shape index (κ1) is 25.5. The lowest BCUT2D eigenvalue weighted by Gasteiger charge is -2.27. The molecule has 190 valence electrons. The molecule has 0 aliphatic heterocycles. The van der Waals surface area contributed by atoms with Crippen LogP contribution in [0, 0.1) is 18.8 Å². The maximum absolute atomic E-state index is 13.0. The van der Waals surface area contributed by atoms with E-state index in [0.29, 0.717) is 48.4 Å². The van der Waals surface area contributed by atoms with Crippen molar-refractivity contribution in [3.8, 4) is 5.75 Å². The number of fused-ring (bicyclic) bond motifs is 1. The molecular weight excluding hydrogens is 458 g/mol. The molecule has 0 unspecified atom stereocenters. The zero-order valence-corrected chi connectivity index (χ0v) is 20.9. The van der Waals surface area contributed by atoms with Crippen LogP contribution in [0.25, 0.3) is 11.0 Å². The Bertz CT molecular complexity index is 1260. The summed E-state index contributed by atoms with van der Waals surface area (Å²) in [6.45, 7) is 4.68. The number of alkyl carbamates (subject to hydrolysis) is 1. The molecule has 1 heterocycles. The molecule has 1 aliphatic rings. The molecule has 4 rings (SSSR count). The Morgan fingerprint density at radius 2 is 1.81 bits per heavy atom. The van der Waals surface area contributed by atoms with E-state index in [2.05, 4.69) is 5.32 Å². The van der Waals surface area contributed by atoms with Crippen molar-refractivity contribution in [3.63, 3.8) is 0 Å². The summed E-state index contributed by atoms with van der Waals surface area (Å²) in [5.74, 6) is 0.284. The Hall–Kier alpha value is -3.61. The van der Waals surface area contributed by atoms with Crippen LogP contribution in [0.2, 0.25) is 0 Å². The van der Waals surface area contributed by atoms with Gasteiger partial charge in [0.05, 0.1) is 11.3 Å². The molecule has 2 aromatic carbocycles. The van der Waals surface area contributed by atoms with Crippen LogP contribution < -0.4 is 15.7 Å². The predicted molar refractivity (Wildman–Crippen MR) is 137 cm³/mol. The van der Waals surface area contributed by atoms with Crippen LogP contribution >= 0.6 is 0 Å². The van der Waals surface area contributed by atoms with E-state index in [0.717, 1.165) is 36.0 Å². The van der Waals surface area contributed by atoms with Gasteiger partial charge in [-0.3, -0.25) is 4.79 Å². The smallest absolute Gasteiger partial charge is 0.407 e. The zero-order chi connectivity index (χ0) is 25.5. The van der Waals surface area contributed by atoms with E-state index in [4.69, 9.17) is 13.9 Å². The molecule has 0 spiro atoms. The molecular formula is C29H33NO6. The monoisotopic (exact) mass is 491 g/mol. The highest BCUT2D eigenvalue weighted by molar-refractivity contribution is 5.90. The van der Waals surface area contributed by atoms with Crippen LogP contribution in [0.15, 0.2) is 57.7 Å². The van der Waals surface area contributed by atoms with E-state index in [-0.39, 0.29) is 18.5 Å². The first-order chi connectivity index (χ1) is 17.4. The maximum atomic E-state index is 13.0. The van der Waals surface area contributed by atoms with E-state index < -0.39 is 11.7 Å². The third-order valence-electron chi connectivity index (χ3n) is 6.69. The Labute approximate surface area is 210 Å². The maximum Gasteiger partial charge on any atom is 0.407 e. The highest BCUT2D eigenvalue weighted by atomic mass is 16.5. The zero-order valence-electron chi connectivity index (χ0n) is 20.9. The largest absolute Gasteiger partial charge is 0.445 e. The Kier molecular flexibility index (Phi) is 8.41. The molecule has 1 aromatic heterocycles. The molecule has 36 heavy (non-hydrogen) atoms. The van der Waals surface area contributed by atoms with Gasteiger partial charge in [0.2, 0.25) is 0 Å². The number of aryl methyl sites for hydroxylation is 2. The van der Waals surface area contributed by atoms with Gasteiger partial charge in [0.25, 0.3) is 0 Å². The van der Waals surface area contributed by atoms with Crippen molar-refractivity contribution in [2.24, 2.45) is 11.8 Å². The van der Waals surface area contributed by atoms with Gasteiger partial charge in [-0.25, -0.2) is 9.59 Å². The SMILES string of the molecule is CCCc1cc(=O)oc2cc(C)cc(OC(=O)C3CCC(CNC(=O)OCc4ccccc4)CC3)c12. The van der Waals surface area contributed by atoms with Gasteiger partial charge >= 0.3 is 17.7 Å². The normalized spacial score (nSPS) is 17.5. The number of carbonyl (C=O) groups is 2. The van der Waals surface area contributed by atoms with Crippen molar-refractivity contribution in [1.82, 2.24) is 5.32 Å². The molecule has 7 heteroatoms. The number of amides is 1. The summed E-state index contributed by atoms with van der Waals surface area (Å²) in [5, 5.41) is 3.54. The number of ether oxygens (including phenoxy) is 2. The molecule has 0 radical (unpaired) electrons. The fraction of sp³-hybridized carbons (Fsp3) is 0.414. The lowest BCUT2D eigenvalue weighted by molar-refractivity contribution is -0.140. The molecule has 0 bridgehead atoms. The van der Waals surface area contributed by atoms with Crippen molar-refractivity contribution >= 4 is 23.0 Å². The van der Waals surface area contributed by atoms with Crippen molar-refractivity contribution in [3.05, 3.63) is 75.6 Å². The quantitative estimate of drug-likeness (QED) is 0.247. The van der Waals surface area contributed by atoms with Crippen LogP contribution in [0.4, 0.5) is 4.79 Å². The minimum atomic E-state index is -0.429. The van der Waals surface area contributed by atoms with Gasteiger partial charge in [0.15, 0.2) is 0 Å². The van der Waals surface area contributed by atoms with E-state index >= 15 is 0 Å². The number of hydrogen-bond acceptors (Lipinski definition) is 6. The molecule has 0 atom stereocenters. The average Bonchev–Trinajstić information content (AvgIpc) is 2.86. The molecule has 3 aromatic rings. The summed E-state index contributed by atoms with van der Waals surface area (Å²) in [6.07, 6.45) is 4.17. The second kappa shape index (κ2) is 11.9. The van der Waals surface area contributed by atoms with E-state index in [9.17, 15) is 14.4 Å². The molecule has 1 amide bonds. The molecule has 1 aliphatic carbocycles. The van der Waals surface area contributed by atoms with Gasteiger partial charge in [-0.05, 0) is 73.8 Å². The first-order valence-electron chi connectivity index (χ1n) is 12.7. The minimum Gasteiger partial charge on any atom is -0.445 e. The van der Waals surface area contributed by atoms with Crippen LogP contribution in [-0.4, -0.2) is 18.6 Å². The number of rotatable bonds is 8. The average molecular weight is 492 g/mol. The molecule has 7 nitrogen and oxygen atoms in total. The fourth-order valence-corrected chi connectivity index (χ4v) is 4.81. The van der Waals surface area contributed by atoms with Crippen molar-refractivity contribution in [1.29, 1.82) is 0 Å².